The summed E-state index contributed by atoms with van der Waals surface area (Å²) in [7, 11) is 1.85. The van der Waals surface area contributed by atoms with Crippen molar-refractivity contribution < 1.29 is 9.53 Å². The molecule has 1 aliphatic heterocycles. The van der Waals surface area contributed by atoms with E-state index in [-0.39, 0.29) is 12.5 Å². The second-order valence-electron chi connectivity index (χ2n) is 5.19. The van der Waals surface area contributed by atoms with Gasteiger partial charge in [0, 0.05) is 19.6 Å². The summed E-state index contributed by atoms with van der Waals surface area (Å²) < 4.78 is 5.57. The van der Waals surface area contributed by atoms with E-state index in [9.17, 15) is 4.79 Å². The summed E-state index contributed by atoms with van der Waals surface area (Å²) in [6.07, 6.45) is 1.02. The van der Waals surface area contributed by atoms with Gasteiger partial charge < -0.3 is 15.0 Å². The van der Waals surface area contributed by atoms with Gasteiger partial charge in [0.2, 0.25) is 0 Å². The first-order valence-corrected chi connectivity index (χ1v) is 6.74. The molecule has 0 radical (unpaired) electrons. The highest BCUT2D eigenvalue weighted by Gasteiger charge is 2.23. The number of carbonyl (C=O) groups excluding carboxylic acids is 1. The van der Waals surface area contributed by atoms with Crippen LogP contribution in [0.5, 0.6) is 5.75 Å². The van der Waals surface area contributed by atoms with Gasteiger partial charge in [-0.25, -0.2) is 0 Å². The van der Waals surface area contributed by atoms with Crippen LogP contribution in [0.25, 0.3) is 0 Å². The Morgan fingerprint density at radius 3 is 2.84 bits per heavy atom. The molecule has 1 N–H and O–H groups in total. The first-order valence-electron chi connectivity index (χ1n) is 6.74. The van der Waals surface area contributed by atoms with Crippen molar-refractivity contribution >= 4 is 5.91 Å². The van der Waals surface area contributed by atoms with Crippen LogP contribution in [0.4, 0.5) is 0 Å². The van der Waals surface area contributed by atoms with Crippen LogP contribution in [0, 0.1) is 13.8 Å². The van der Waals surface area contributed by atoms with Gasteiger partial charge >= 0.3 is 0 Å². The smallest absolute Gasteiger partial charge is 0.260 e. The van der Waals surface area contributed by atoms with Gasteiger partial charge in [-0.3, -0.25) is 4.79 Å². The molecule has 0 bridgehead atoms. The number of ether oxygens (including phenoxy) is 1. The van der Waals surface area contributed by atoms with E-state index in [4.69, 9.17) is 4.74 Å². The third-order valence-corrected chi connectivity index (χ3v) is 3.82. The molecule has 0 saturated carbocycles. The molecular weight excluding hydrogens is 240 g/mol. The second kappa shape index (κ2) is 6.06. The Morgan fingerprint density at radius 2 is 2.21 bits per heavy atom. The van der Waals surface area contributed by atoms with Crippen molar-refractivity contribution in [1.29, 1.82) is 0 Å². The van der Waals surface area contributed by atoms with Crippen molar-refractivity contribution in [2.45, 2.75) is 26.3 Å². The van der Waals surface area contributed by atoms with E-state index in [1.807, 2.05) is 32.2 Å². The Balaban J connectivity index is 1.87. The van der Waals surface area contributed by atoms with E-state index in [1.165, 1.54) is 11.1 Å². The van der Waals surface area contributed by atoms with Gasteiger partial charge in [-0.15, -0.1) is 0 Å². The highest BCUT2D eigenvalue weighted by atomic mass is 16.5. The number of hydrogen-bond donors (Lipinski definition) is 1. The molecule has 1 saturated heterocycles. The molecule has 1 fully saturated rings. The Kier molecular flexibility index (Phi) is 4.43. The Hall–Kier alpha value is -1.55. The Labute approximate surface area is 114 Å². The summed E-state index contributed by atoms with van der Waals surface area (Å²) in [6.45, 7) is 6.08. The zero-order valence-corrected chi connectivity index (χ0v) is 11.9. The highest BCUT2D eigenvalue weighted by Crippen LogP contribution is 2.16. The zero-order chi connectivity index (χ0) is 13.8. The molecule has 0 aliphatic carbocycles. The molecule has 0 unspecified atom stereocenters. The summed E-state index contributed by atoms with van der Waals surface area (Å²) in [5.74, 6) is 0.793. The lowest BCUT2D eigenvalue weighted by Gasteiger charge is -2.23. The number of rotatable bonds is 4. The lowest BCUT2D eigenvalue weighted by atomic mass is 10.1. The fourth-order valence-corrected chi connectivity index (χ4v) is 2.22. The van der Waals surface area contributed by atoms with Crippen LogP contribution in [0.2, 0.25) is 0 Å². The zero-order valence-electron chi connectivity index (χ0n) is 11.9. The lowest BCUT2D eigenvalue weighted by molar-refractivity contribution is -0.133. The standard InChI is InChI=1S/C15H22N2O2/c1-11-4-5-14(8-12(11)2)19-10-15(18)17(3)13-6-7-16-9-13/h4-5,8,13,16H,6-7,9-10H2,1-3H3/t13-/m0/s1. The average molecular weight is 262 g/mol. The molecule has 4 heteroatoms. The molecule has 0 spiro atoms. The van der Waals surface area contributed by atoms with Crippen molar-refractivity contribution in [3.8, 4) is 5.75 Å². The number of nitrogens with zero attached hydrogens (tertiary/aromatic N) is 1. The number of aryl methyl sites for hydroxylation is 2. The highest BCUT2D eigenvalue weighted by molar-refractivity contribution is 5.77. The van der Waals surface area contributed by atoms with Gasteiger partial charge in [-0.05, 0) is 50.1 Å². The Bertz CT molecular complexity index is 453. The van der Waals surface area contributed by atoms with Gasteiger partial charge in [0.25, 0.3) is 5.91 Å². The maximum absolute atomic E-state index is 12.0. The first kappa shape index (κ1) is 13.9. The van der Waals surface area contributed by atoms with Gasteiger partial charge in [0.1, 0.15) is 5.75 Å². The fraction of sp³-hybridized carbons (Fsp3) is 0.533. The quantitative estimate of drug-likeness (QED) is 0.894. The number of benzene rings is 1. The fourth-order valence-electron chi connectivity index (χ4n) is 2.22. The summed E-state index contributed by atoms with van der Waals surface area (Å²) >= 11 is 0. The molecule has 104 valence electrons. The maximum Gasteiger partial charge on any atom is 0.260 e. The van der Waals surface area contributed by atoms with Crippen molar-refractivity contribution in [3.05, 3.63) is 29.3 Å². The molecular formula is C15H22N2O2. The largest absolute Gasteiger partial charge is 0.484 e. The molecule has 2 rings (SSSR count). The second-order valence-corrected chi connectivity index (χ2v) is 5.19. The summed E-state index contributed by atoms with van der Waals surface area (Å²) in [5.41, 5.74) is 2.41. The predicted molar refractivity (Wildman–Crippen MR) is 75.5 cm³/mol. The number of amides is 1. The van der Waals surface area contributed by atoms with Crippen molar-refractivity contribution in [2.75, 3.05) is 26.7 Å². The normalized spacial score (nSPS) is 18.4. The van der Waals surface area contributed by atoms with E-state index in [0.29, 0.717) is 6.04 Å². The summed E-state index contributed by atoms with van der Waals surface area (Å²) in [5, 5.41) is 3.26. The Morgan fingerprint density at radius 1 is 1.42 bits per heavy atom. The minimum atomic E-state index is 0.0342. The van der Waals surface area contributed by atoms with E-state index < -0.39 is 0 Å². The molecule has 19 heavy (non-hydrogen) atoms. The molecule has 1 aliphatic rings. The predicted octanol–water partition coefficient (Wildman–Crippen LogP) is 1.50. The molecule has 1 heterocycles. The van der Waals surface area contributed by atoms with Crippen molar-refractivity contribution in [1.82, 2.24) is 10.2 Å². The van der Waals surface area contributed by atoms with Crippen LogP contribution in [-0.4, -0.2) is 43.6 Å². The molecule has 1 atom stereocenters. The molecule has 4 nitrogen and oxygen atoms in total. The average Bonchev–Trinajstić information content (AvgIpc) is 2.93. The summed E-state index contributed by atoms with van der Waals surface area (Å²) in [6, 6.07) is 6.20. The van der Waals surface area contributed by atoms with Crippen LogP contribution in [0.15, 0.2) is 18.2 Å². The SMILES string of the molecule is Cc1ccc(OCC(=O)N(C)[C@H]2CCNC2)cc1C. The third-order valence-electron chi connectivity index (χ3n) is 3.82. The lowest BCUT2D eigenvalue weighted by Crippen LogP contribution is -2.40. The van der Waals surface area contributed by atoms with Crippen molar-refractivity contribution in [3.63, 3.8) is 0 Å². The molecule has 1 aromatic carbocycles. The molecule has 1 amide bonds. The number of likely N-dealkylation sites (N-methyl/N-ethyl adjacent to an activating group) is 1. The number of hydrogen-bond acceptors (Lipinski definition) is 3. The van der Waals surface area contributed by atoms with Gasteiger partial charge in [-0.2, -0.15) is 0 Å². The third kappa shape index (κ3) is 3.47. The monoisotopic (exact) mass is 262 g/mol. The number of carbonyl (C=O) groups is 1. The van der Waals surface area contributed by atoms with Crippen LogP contribution in [-0.2, 0) is 4.79 Å². The van der Waals surface area contributed by atoms with E-state index >= 15 is 0 Å². The van der Waals surface area contributed by atoms with Gasteiger partial charge in [0.05, 0.1) is 0 Å². The number of nitrogens with one attached hydrogen (secondary N) is 1. The minimum Gasteiger partial charge on any atom is -0.484 e. The van der Waals surface area contributed by atoms with E-state index in [1.54, 1.807) is 4.90 Å². The van der Waals surface area contributed by atoms with E-state index in [0.717, 1.165) is 25.3 Å². The van der Waals surface area contributed by atoms with Crippen molar-refractivity contribution in [2.24, 2.45) is 0 Å². The van der Waals surface area contributed by atoms with Crippen LogP contribution in [0.1, 0.15) is 17.5 Å². The van der Waals surface area contributed by atoms with E-state index in [2.05, 4.69) is 12.2 Å². The topological polar surface area (TPSA) is 41.6 Å². The summed E-state index contributed by atoms with van der Waals surface area (Å²) in [4.78, 5) is 13.8. The van der Waals surface area contributed by atoms with Gasteiger partial charge in [0.15, 0.2) is 6.61 Å². The molecule has 1 aromatic rings. The maximum atomic E-state index is 12.0. The first-order chi connectivity index (χ1) is 9.08. The van der Waals surface area contributed by atoms with Gasteiger partial charge in [-0.1, -0.05) is 6.07 Å². The van der Waals surface area contributed by atoms with Crippen LogP contribution in [0.3, 0.4) is 0 Å². The van der Waals surface area contributed by atoms with Crippen LogP contribution >= 0.6 is 0 Å². The molecule has 0 aromatic heterocycles. The van der Waals surface area contributed by atoms with Crippen LogP contribution < -0.4 is 10.1 Å². The minimum absolute atomic E-state index is 0.0342.